The van der Waals surface area contributed by atoms with Gasteiger partial charge in [-0.3, -0.25) is 0 Å². The number of fused-ring (bicyclic) bond motifs is 2. The number of hydrogen-bond acceptors (Lipinski definition) is 6. The van der Waals surface area contributed by atoms with Gasteiger partial charge in [0.2, 0.25) is 0 Å². The second-order valence-electron chi connectivity index (χ2n) is 7.36. The number of rotatable bonds is 2. The van der Waals surface area contributed by atoms with Gasteiger partial charge in [0.15, 0.2) is 0 Å². The second kappa shape index (κ2) is 12.3. The Hall–Kier alpha value is -1.73. The molecule has 6 heteroatoms. The van der Waals surface area contributed by atoms with Crippen LogP contribution < -0.4 is 0 Å². The summed E-state index contributed by atoms with van der Waals surface area (Å²) in [4.78, 5) is 7.30. The summed E-state index contributed by atoms with van der Waals surface area (Å²) in [5.41, 5.74) is 3.34. The van der Waals surface area contributed by atoms with E-state index < -0.39 is 0 Å². The number of para-hydroxylation sites is 2. The van der Waals surface area contributed by atoms with Gasteiger partial charge in [-0.25, -0.2) is 4.98 Å². The smallest absolute Gasteiger partial charge is 0.0715 e. The normalized spacial score (nSPS) is 18.3. The fourth-order valence-electron chi connectivity index (χ4n) is 3.62. The average molecular weight is 455 g/mol. The number of nitrogens with zero attached hydrogens (tertiary/aromatic N) is 2. The Morgan fingerprint density at radius 1 is 0.710 bits per heavy atom. The summed E-state index contributed by atoms with van der Waals surface area (Å²) in [6, 6.07) is 16.8. The number of pyridine rings is 1. The molecule has 4 nitrogen and oxygen atoms in total. The minimum absolute atomic E-state index is 0.702. The third-order valence-corrected chi connectivity index (χ3v) is 7.10. The van der Waals surface area contributed by atoms with Crippen LogP contribution in [0.15, 0.2) is 54.7 Å². The van der Waals surface area contributed by atoms with Crippen molar-refractivity contribution in [2.75, 3.05) is 62.5 Å². The van der Waals surface area contributed by atoms with Crippen LogP contribution in [-0.4, -0.2) is 72.4 Å². The molecule has 0 spiro atoms. The third kappa shape index (κ3) is 6.62. The Morgan fingerprint density at radius 3 is 1.84 bits per heavy atom. The predicted octanol–water partition coefficient (Wildman–Crippen LogP) is 5.17. The van der Waals surface area contributed by atoms with E-state index in [-0.39, 0.29) is 0 Å². The minimum Gasteiger partial charge on any atom is -0.378 e. The topological polar surface area (TPSA) is 34.6 Å². The van der Waals surface area contributed by atoms with Gasteiger partial charge in [-0.05, 0) is 30.0 Å². The first-order valence-corrected chi connectivity index (χ1v) is 13.2. The summed E-state index contributed by atoms with van der Waals surface area (Å²) >= 11 is 3.91. The van der Waals surface area contributed by atoms with Crippen molar-refractivity contribution in [3.05, 3.63) is 60.3 Å². The number of aromatic nitrogens is 1. The molecule has 1 aliphatic heterocycles. The highest BCUT2D eigenvalue weighted by atomic mass is 32.2. The summed E-state index contributed by atoms with van der Waals surface area (Å²) < 4.78 is 11.3. The van der Waals surface area contributed by atoms with Crippen LogP contribution in [0, 0.1) is 0 Å². The first-order valence-electron chi connectivity index (χ1n) is 10.9. The number of hydrogen-bond donors (Lipinski definition) is 0. The molecule has 0 N–H and O–H groups in total. The molecule has 0 bridgehead atoms. The zero-order chi connectivity index (χ0) is 21.1. The molecule has 2 heterocycles. The molecule has 0 saturated carbocycles. The lowest BCUT2D eigenvalue weighted by Gasteiger charge is -2.20. The molecule has 0 amide bonds. The van der Waals surface area contributed by atoms with Crippen molar-refractivity contribution in [1.82, 2.24) is 9.88 Å². The van der Waals surface area contributed by atoms with Gasteiger partial charge >= 0.3 is 0 Å². The van der Waals surface area contributed by atoms with E-state index in [1.54, 1.807) is 0 Å². The highest BCUT2D eigenvalue weighted by Crippen LogP contribution is 2.27. The van der Waals surface area contributed by atoms with E-state index in [4.69, 9.17) is 14.5 Å². The van der Waals surface area contributed by atoms with E-state index in [1.165, 1.54) is 16.3 Å². The largest absolute Gasteiger partial charge is 0.378 e. The summed E-state index contributed by atoms with van der Waals surface area (Å²) in [7, 11) is 0. The van der Waals surface area contributed by atoms with Crippen LogP contribution in [0.2, 0.25) is 0 Å². The molecule has 1 saturated heterocycles. The first kappa shape index (κ1) is 22.5. The van der Waals surface area contributed by atoms with Crippen LogP contribution in [0.25, 0.3) is 27.9 Å². The molecule has 2 aromatic carbocycles. The van der Waals surface area contributed by atoms with E-state index in [9.17, 15) is 0 Å². The van der Waals surface area contributed by atoms with Crippen LogP contribution in [0.5, 0.6) is 0 Å². The van der Waals surface area contributed by atoms with Crippen LogP contribution in [-0.2, 0) is 9.47 Å². The first-order chi connectivity index (χ1) is 15.4. The van der Waals surface area contributed by atoms with Gasteiger partial charge in [-0.1, -0.05) is 36.4 Å². The standard InChI is InChI=1S/C25H30N2O2S2/c1-3-7-24-22(5-1)21(23-6-2-4-8-25(23)26-24)9-10-27-11-17-30-19-15-28-13-14-29-16-20-31-18-12-27/h1-10H,11-20H2/b10-9+. The molecular formula is C25H30N2O2S2. The van der Waals surface area contributed by atoms with Gasteiger partial charge in [0.05, 0.1) is 37.5 Å². The van der Waals surface area contributed by atoms with Crippen molar-refractivity contribution >= 4 is 51.4 Å². The molecule has 3 aromatic rings. The maximum absolute atomic E-state index is 5.64. The zero-order valence-corrected chi connectivity index (χ0v) is 19.5. The Morgan fingerprint density at radius 2 is 1.26 bits per heavy atom. The summed E-state index contributed by atoms with van der Waals surface area (Å²) in [6.45, 7) is 5.08. The third-order valence-electron chi connectivity index (χ3n) is 5.24. The van der Waals surface area contributed by atoms with Gasteiger partial charge in [0.1, 0.15) is 0 Å². The van der Waals surface area contributed by atoms with Crippen molar-refractivity contribution in [3.8, 4) is 0 Å². The van der Waals surface area contributed by atoms with E-state index in [0.29, 0.717) is 13.2 Å². The fraction of sp³-hybridized carbons (Fsp3) is 0.400. The van der Waals surface area contributed by atoms with Crippen LogP contribution >= 0.6 is 23.5 Å². The summed E-state index contributed by atoms with van der Waals surface area (Å²) in [5, 5.41) is 2.41. The molecule has 0 radical (unpaired) electrons. The predicted molar refractivity (Wildman–Crippen MR) is 136 cm³/mol. The molecule has 0 aliphatic carbocycles. The average Bonchev–Trinajstić information content (AvgIpc) is 2.81. The van der Waals surface area contributed by atoms with Gasteiger partial charge in [-0.2, -0.15) is 23.5 Å². The molecular weight excluding hydrogens is 424 g/mol. The van der Waals surface area contributed by atoms with Crippen LogP contribution in [0.1, 0.15) is 5.56 Å². The highest BCUT2D eigenvalue weighted by Gasteiger charge is 2.07. The quantitative estimate of drug-likeness (QED) is 0.497. The van der Waals surface area contributed by atoms with E-state index in [0.717, 1.165) is 60.3 Å². The molecule has 4 rings (SSSR count). The molecule has 0 atom stereocenters. The summed E-state index contributed by atoms with van der Waals surface area (Å²) in [5.74, 6) is 4.28. The van der Waals surface area contributed by atoms with Crippen molar-refractivity contribution < 1.29 is 9.47 Å². The number of ether oxygens (including phenoxy) is 2. The number of benzene rings is 2. The van der Waals surface area contributed by atoms with Gasteiger partial charge in [0, 0.05) is 46.9 Å². The van der Waals surface area contributed by atoms with E-state index in [2.05, 4.69) is 65.7 Å². The molecule has 164 valence electrons. The maximum atomic E-state index is 5.64. The molecule has 1 aliphatic rings. The molecule has 0 unspecified atom stereocenters. The van der Waals surface area contributed by atoms with Crippen molar-refractivity contribution in [2.24, 2.45) is 0 Å². The van der Waals surface area contributed by atoms with Crippen LogP contribution in [0.3, 0.4) is 0 Å². The van der Waals surface area contributed by atoms with E-state index in [1.807, 2.05) is 23.5 Å². The van der Waals surface area contributed by atoms with Crippen molar-refractivity contribution in [3.63, 3.8) is 0 Å². The van der Waals surface area contributed by atoms with Crippen molar-refractivity contribution in [2.45, 2.75) is 0 Å². The SMILES string of the molecule is C(=C\N1CCSCCOCCOCCSCC1)/c1c2ccccc2nc2ccccc12. The Labute approximate surface area is 193 Å². The fourth-order valence-corrected chi connectivity index (χ4v) is 5.23. The maximum Gasteiger partial charge on any atom is 0.0715 e. The Kier molecular flexibility index (Phi) is 8.94. The van der Waals surface area contributed by atoms with Crippen molar-refractivity contribution in [1.29, 1.82) is 0 Å². The summed E-state index contributed by atoms with van der Waals surface area (Å²) in [6.07, 6.45) is 4.56. The molecule has 31 heavy (non-hydrogen) atoms. The lowest BCUT2D eigenvalue weighted by Crippen LogP contribution is -2.23. The van der Waals surface area contributed by atoms with Gasteiger partial charge < -0.3 is 14.4 Å². The Bertz CT molecular complexity index is 926. The lowest BCUT2D eigenvalue weighted by molar-refractivity contribution is 0.0605. The number of thioether (sulfide) groups is 2. The van der Waals surface area contributed by atoms with Crippen LogP contribution in [0.4, 0.5) is 0 Å². The molecule has 1 fully saturated rings. The highest BCUT2D eigenvalue weighted by molar-refractivity contribution is 7.99. The molecule has 1 aromatic heterocycles. The van der Waals surface area contributed by atoms with Gasteiger partial charge in [0.25, 0.3) is 0 Å². The monoisotopic (exact) mass is 454 g/mol. The zero-order valence-electron chi connectivity index (χ0n) is 17.9. The lowest BCUT2D eigenvalue weighted by atomic mass is 10.0. The minimum atomic E-state index is 0.702. The van der Waals surface area contributed by atoms with E-state index >= 15 is 0 Å². The van der Waals surface area contributed by atoms with Gasteiger partial charge in [-0.15, -0.1) is 0 Å². The Balaban J connectivity index is 1.53. The second-order valence-corrected chi connectivity index (χ2v) is 9.81.